The minimum absolute atomic E-state index is 0.0234. The number of hydrogen-bond acceptors (Lipinski definition) is 6. The van der Waals surface area contributed by atoms with Gasteiger partial charge in [-0.05, 0) is 37.1 Å². The number of thiophene rings is 1. The Labute approximate surface area is 196 Å². The van der Waals surface area contributed by atoms with Crippen molar-refractivity contribution in [3.05, 3.63) is 63.8 Å². The summed E-state index contributed by atoms with van der Waals surface area (Å²) >= 11 is 1.23. The highest BCUT2D eigenvalue weighted by Crippen LogP contribution is 2.36. The van der Waals surface area contributed by atoms with E-state index in [2.05, 4.69) is 21.5 Å². The van der Waals surface area contributed by atoms with Crippen LogP contribution in [0.2, 0.25) is 0 Å². The predicted octanol–water partition coefficient (Wildman–Crippen LogP) is 5.48. The molecule has 7 nitrogen and oxygen atoms in total. The molecule has 0 saturated heterocycles. The summed E-state index contributed by atoms with van der Waals surface area (Å²) < 4.78 is 47.5. The second-order valence-corrected chi connectivity index (χ2v) is 8.50. The van der Waals surface area contributed by atoms with E-state index in [0.29, 0.717) is 32.8 Å². The summed E-state index contributed by atoms with van der Waals surface area (Å²) in [6.07, 6.45) is -3.12. The average Bonchev–Trinajstić information content (AvgIpc) is 3.37. The summed E-state index contributed by atoms with van der Waals surface area (Å²) in [4.78, 5) is 18.3. The van der Waals surface area contributed by atoms with Gasteiger partial charge in [-0.1, -0.05) is 19.1 Å². The first-order chi connectivity index (χ1) is 16.2. The van der Waals surface area contributed by atoms with Gasteiger partial charge in [-0.15, -0.1) is 11.3 Å². The van der Waals surface area contributed by atoms with Gasteiger partial charge in [0.2, 0.25) is 0 Å². The molecule has 0 aliphatic heterocycles. The minimum Gasteiger partial charge on any atom is -0.496 e. The largest absolute Gasteiger partial charge is 0.496 e. The number of carbonyl (C=O) groups is 1. The van der Waals surface area contributed by atoms with Crippen molar-refractivity contribution in [3.8, 4) is 23.1 Å². The molecule has 1 aromatic carbocycles. The van der Waals surface area contributed by atoms with Crippen molar-refractivity contribution in [1.82, 2.24) is 14.6 Å². The molecule has 0 atom stereocenters. The molecule has 34 heavy (non-hydrogen) atoms. The molecule has 0 bridgehead atoms. The molecule has 4 aromatic rings. The molecule has 3 heterocycles. The van der Waals surface area contributed by atoms with E-state index in [1.165, 1.54) is 18.4 Å². The summed E-state index contributed by atoms with van der Waals surface area (Å²) in [6, 6.07) is 9.47. The lowest BCUT2D eigenvalue weighted by Gasteiger charge is -2.13. The van der Waals surface area contributed by atoms with Crippen molar-refractivity contribution in [1.29, 1.82) is 5.26 Å². The van der Waals surface area contributed by atoms with Gasteiger partial charge in [0.05, 0.1) is 24.6 Å². The highest BCUT2D eigenvalue weighted by atomic mass is 32.1. The number of aryl methyl sites for hydroxylation is 1. The molecular formula is C23H18F3N5O2S. The summed E-state index contributed by atoms with van der Waals surface area (Å²) in [5.74, 6) is -0.383. The number of carbonyl (C=O) groups excluding carboxylic acids is 1. The van der Waals surface area contributed by atoms with Crippen LogP contribution in [-0.2, 0) is 12.6 Å². The van der Waals surface area contributed by atoms with Crippen LogP contribution >= 0.6 is 11.3 Å². The molecule has 3 aromatic heterocycles. The molecular weight excluding hydrogens is 467 g/mol. The molecule has 174 valence electrons. The molecule has 0 fully saturated rings. The summed E-state index contributed by atoms with van der Waals surface area (Å²) in [5.41, 5.74) is -0.0444. The van der Waals surface area contributed by atoms with Crippen molar-refractivity contribution < 1.29 is 22.7 Å². The summed E-state index contributed by atoms with van der Waals surface area (Å²) in [7, 11) is 1.40. The first-order valence-electron chi connectivity index (χ1n) is 10.1. The lowest BCUT2D eigenvalue weighted by atomic mass is 10.1. The Balaban J connectivity index is 1.87. The lowest BCUT2D eigenvalue weighted by molar-refractivity contribution is -0.142. The van der Waals surface area contributed by atoms with Gasteiger partial charge in [-0.3, -0.25) is 4.79 Å². The number of nitriles is 1. The van der Waals surface area contributed by atoms with E-state index >= 15 is 0 Å². The topological polar surface area (TPSA) is 92.3 Å². The van der Waals surface area contributed by atoms with Crippen molar-refractivity contribution in [2.75, 3.05) is 12.4 Å². The van der Waals surface area contributed by atoms with Gasteiger partial charge in [0.25, 0.3) is 5.91 Å². The van der Waals surface area contributed by atoms with Gasteiger partial charge in [0, 0.05) is 10.4 Å². The third-order valence-corrected chi connectivity index (χ3v) is 6.35. The van der Waals surface area contributed by atoms with Crippen molar-refractivity contribution in [3.63, 3.8) is 0 Å². The van der Waals surface area contributed by atoms with Gasteiger partial charge < -0.3 is 10.1 Å². The van der Waals surface area contributed by atoms with E-state index in [1.54, 1.807) is 24.3 Å². The SMILES string of the molecule is CCc1c(C)sc(NC(=O)c2cnn3c(C(F)(F)F)cc(-c4ccccc4OC)nc23)c1C#N. The number of nitrogens with zero attached hydrogens (tertiary/aromatic N) is 4. The molecule has 0 unspecified atom stereocenters. The first-order valence-corrected chi connectivity index (χ1v) is 10.9. The molecule has 0 spiro atoms. The number of ether oxygens (including phenoxy) is 1. The maximum absolute atomic E-state index is 13.9. The normalized spacial score (nSPS) is 11.4. The van der Waals surface area contributed by atoms with Gasteiger partial charge >= 0.3 is 6.18 Å². The van der Waals surface area contributed by atoms with Gasteiger partial charge in [0.1, 0.15) is 22.4 Å². The maximum Gasteiger partial charge on any atom is 0.433 e. The number of nitrogens with one attached hydrogen (secondary N) is 1. The molecule has 1 amide bonds. The van der Waals surface area contributed by atoms with Crippen LogP contribution in [0.1, 0.15) is 39.0 Å². The molecule has 1 N–H and O–H groups in total. The van der Waals surface area contributed by atoms with E-state index in [9.17, 15) is 23.2 Å². The molecule has 0 radical (unpaired) electrons. The van der Waals surface area contributed by atoms with Crippen LogP contribution in [0.5, 0.6) is 5.75 Å². The highest BCUT2D eigenvalue weighted by molar-refractivity contribution is 7.16. The summed E-state index contributed by atoms with van der Waals surface area (Å²) in [6.45, 7) is 3.74. The number of rotatable bonds is 5. The lowest BCUT2D eigenvalue weighted by Crippen LogP contribution is -2.16. The zero-order chi connectivity index (χ0) is 24.6. The Bertz CT molecular complexity index is 1450. The van der Waals surface area contributed by atoms with E-state index in [4.69, 9.17) is 4.74 Å². The number of alkyl halides is 3. The fourth-order valence-electron chi connectivity index (χ4n) is 3.70. The second-order valence-electron chi connectivity index (χ2n) is 7.28. The molecule has 0 aliphatic carbocycles. The zero-order valence-electron chi connectivity index (χ0n) is 18.3. The third-order valence-electron chi connectivity index (χ3n) is 5.29. The number of hydrogen-bond donors (Lipinski definition) is 1. The number of benzene rings is 1. The highest BCUT2D eigenvalue weighted by Gasteiger charge is 2.36. The standard InChI is InChI=1S/C23H18F3N5O2S/c1-4-13-12(2)34-22(15(13)10-27)30-21(32)16-11-28-31-19(23(24,25)26)9-17(29-20(16)31)14-7-5-6-8-18(14)33-3/h5-9,11H,4H2,1-3H3,(H,30,32). The second kappa shape index (κ2) is 8.79. The van der Waals surface area contributed by atoms with Crippen molar-refractivity contribution >= 4 is 27.9 Å². The van der Waals surface area contributed by atoms with Crippen LogP contribution in [0.4, 0.5) is 18.2 Å². The number of halogens is 3. The Kier molecular flexibility index (Phi) is 6.01. The van der Waals surface area contributed by atoms with Crippen LogP contribution in [0, 0.1) is 18.3 Å². The molecule has 0 saturated carbocycles. The minimum atomic E-state index is -4.76. The summed E-state index contributed by atoms with van der Waals surface area (Å²) in [5, 5.41) is 16.3. The average molecular weight is 485 g/mol. The smallest absolute Gasteiger partial charge is 0.433 e. The Hall–Kier alpha value is -3.91. The van der Waals surface area contributed by atoms with Gasteiger partial charge in [0.15, 0.2) is 11.3 Å². The Morgan fingerprint density at radius 2 is 2.06 bits per heavy atom. The molecule has 4 rings (SSSR count). The van der Waals surface area contributed by atoms with Gasteiger partial charge in [-0.25, -0.2) is 9.50 Å². The predicted molar refractivity (Wildman–Crippen MR) is 121 cm³/mol. The number of methoxy groups -OCH3 is 1. The maximum atomic E-state index is 13.9. The van der Waals surface area contributed by atoms with Crippen LogP contribution < -0.4 is 10.1 Å². The van der Waals surface area contributed by atoms with E-state index in [-0.39, 0.29) is 16.9 Å². The Morgan fingerprint density at radius 3 is 2.71 bits per heavy atom. The monoisotopic (exact) mass is 485 g/mol. The number of amides is 1. The number of para-hydroxylation sites is 1. The van der Waals surface area contributed by atoms with Crippen molar-refractivity contribution in [2.24, 2.45) is 0 Å². The van der Waals surface area contributed by atoms with Crippen LogP contribution in [-0.4, -0.2) is 27.6 Å². The van der Waals surface area contributed by atoms with Crippen molar-refractivity contribution in [2.45, 2.75) is 26.4 Å². The van der Waals surface area contributed by atoms with Gasteiger partial charge in [-0.2, -0.15) is 23.5 Å². The molecule has 0 aliphatic rings. The van der Waals surface area contributed by atoms with E-state index < -0.39 is 17.8 Å². The van der Waals surface area contributed by atoms with E-state index in [0.717, 1.165) is 22.7 Å². The Morgan fingerprint density at radius 1 is 1.32 bits per heavy atom. The zero-order valence-corrected chi connectivity index (χ0v) is 19.1. The number of fused-ring (bicyclic) bond motifs is 1. The first kappa shape index (κ1) is 23.3. The quantitative estimate of drug-likeness (QED) is 0.404. The number of aromatic nitrogens is 3. The third kappa shape index (κ3) is 3.97. The fourth-order valence-corrected chi connectivity index (χ4v) is 4.79. The van der Waals surface area contributed by atoms with Crippen LogP contribution in [0.25, 0.3) is 16.9 Å². The number of anilines is 1. The fraction of sp³-hybridized carbons (Fsp3) is 0.217. The molecule has 11 heteroatoms. The van der Waals surface area contributed by atoms with E-state index in [1.807, 2.05) is 13.8 Å². The van der Waals surface area contributed by atoms with Crippen LogP contribution in [0.15, 0.2) is 36.5 Å². The van der Waals surface area contributed by atoms with Crippen LogP contribution in [0.3, 0.4) is 0 Å².